The van der Waals surface area contributed by atoms with Crippen molar-refractivity contribution in [1.29, 1.82) is 0 Å². The van der Waals surface area contributed by atoms with Gasteiger partial charge >= 0.3 is 0 Å². The van der Waals surface area contributed by atoms with Gasteiger partial charge in [-0.3, -0.25) is 0 Å². The zero-order valence-electron chi connectivity index (χ0n) is 9.70. The lowest BCUT2D eigenvalue weighted by atomic mass is 10.3. The van der Waals surface area contributed by atoms with Crippen LogP contribution in [0.5, 0.6) is 0 Å². The molecule has 0 saturated carbocycles. The Bertz CT molecular complexity index is 468. The average Bonchev–Trinajstić information content (AvgIpc) is 2.44. The van der Waals surface area contributed by atoms with E-state index < -0.39 is 10.0 Å². The van der Waals surface area contributed by atoms with E-state index in [1.807, 2.05) is 25.9 Å². The van der Waals surface area contributed by atoms with Gasteiger partial charge in [-0.25, -0.2) is 13.1 Å². The number of nitrogens with zero attached hydrogens (tertiary/aromatic N) is 1. The monoisotopic (exact) mass is 360 g/mol. The zero-order valence-corrected chi connectivity index (χ0v) is 13.7. The summed E-state index contributed by atoms with van der Waals surface area (Å²) < 4.78 is 27.4. The minimum absolute atomic E-state index is 0.158. The van der Waals surface area contributed by atoms with Crippen LogP contribution in [0, 0.1) is 0 Å². The van der Waals surface area contributed by atoms with Gasteiger partial charge in [0.25, 0.3) is 0 Å². The lowest BCUT2D eigenvalue weighted by Gasteiger charge is -2.17. The van der Waals surface area contributed by atoms with Crippen LogP contribution in [-0.2, 0) is 10.0 Å². The van der Waals surface area contributed by atoms with Gasteiger partial charge < -0.3 is 4.90 Å². The Morgan fingerprint density at radius 3 is 2.59 bits per heavy atom. The van der Waals surface area contributed by atoms with Crippen molar-refractivity contribution in [2.45, 2.75) is 17.2 Å². The van der Waals surface area contributed by atoms with Crippen LogP contribution in [0.1, 0.15) is 6.92 Å². The molecular formula is C9H14BrClN2O2S2. The Morgan fingerprint density at radius 1 is 1.59 bits per heavy atom. The molecule has 4 nitrogen and oxygen atoms in total. The predicted molar refractivity (Wildman–Crippen MR) is 75.4 cm³/mol. The van der Waals surface area contributed by atoms with Crippen molar-refractivity contribution in [2.24, 2.45) is 0 Å². The molecule has 1 rings (SSSR count). The van der Waals surface area contributed by atoms with Crippen molar-refractivity contribution < 1.29 is 8.42 Å². The molecule has 17 heavy (non-hydrogen) atoms. The minimum Gasteiger partial charge on any atom is -0.308 e. The highest BCUT2D eigenvalue weighted by Gasteiger charge is 2.21. The topological polar surface area (TPSA) is 49.4 Å². The Hall–Kier alpha value is 0.340. The Kier molecular flexibility index (Phi) is 5.42. The summed E-state index contributed by atoms with van der Waals surface area (Å²) in [5, 5.41) is 0.413. The maximum absolute atomic E-state index is 12.0. The quantitative estimate of drug-likeness (QED) is 0.876. The van der Waals surface area contributed by atoms with Gasteiger partial charge in [-0.05, 0) is 43.0 Å². The first-order valence-corrected chi connectivity index (χ1v) is 8.31. The number of nitrogens with one attached hydrogen (secondary N) is 1. The second-order valence-electron chi connectivity index (χ2n) is 3.97. The molecule has 0 saturated heterocycles. The number of thiophene rings is 1. The molecule has 0 radical (unpaired) electrons. The largest absolute Gasteiger partial charge is 0.308 e. The number of hydrogen-bond donors (Lipinski definition) is 1. The van der Waals surface area contributed by atoms with E-state index in [1.54, 1.807) is 0 Å². The third-order valence-corrected chi connectivity index (χ3v) is 6.42. The molecule has 98 valence electrons. The molecular weight excluding hydrogens is 348 g/mol. The summed E-state index contributed by atoms with van der Waals surface area (Å²) in [7, 11) is 0.305. The van der Waals surface area contributed by atoms with Crippen LogP contribution >= 0.6 is 38.9 Å². The lowest BCUT2D eigenvalue weighted by molar-refractivity contribution is 0.370. The first-order valence-electron chi connectivity index (χ1n) is 4.84. The fourth-order valence-corrected chi connectivity index (χ4v) is 5.02. The average molecular weight is 362 g/mol. The van der Waals surface area contributed by atoms with Gasteiger partial charge in [-0.2, -0.15) is 0 Å². The first-order chi connectivity index (χ1) is 7.72. The summed E-state index contributed by atoms with van der Waals surface area (Å²) in [6, 6.07) is 1.29. The number of likely N-dealkylation sites (N-methyl/N-ethyl adjacent to an activating group) is 1. The molecule has 1 heterocycles. The molecule has 0 aliphatic heterocycles. The van der Waals surface area contributed by atoms with Crippen LogP contribution in [0.3, 0.4) is 0 Å². The van der Waals surface area contributed by atoms with Crippen LogP contribution in [0.2, 0.25) is 5.02 Å². The van der Waals surface area contributed by atoms with E-state index >= 15 is 0 Å². The number of halogens is 2. The van der Waals surface area contributed by atoms with Gasteiger partial charge in [0, 0.05) is 12.6 Å². The van der Waals surface area contributed by atoms with Crippen LogP contribution in [0.4, 0.5) is 0 Å². The molecule has 1 unspecified atom stereocenters. The van der Waals surface area contributed by atoms with E-state index in [0.717, 1.165) is 11.3 Å². The molecule has 0 fully saturated rings. The number of hydrogen-bond acceptors (Lipinski definition) is 4. The summed E-state index contributed by atoms with van der Waals surface area (Å²) in [5.41, 5.74) is 0. The molecule has 0 spiro atoms. The molecule has 0 amide bonds. The third-order valence-electron chi connectivity index (χ3n) is 1.88. The minimum atomic E-state index is -3.48. The van der Waals surface area contributed by atoms with Gasteiger partial charge in [0.05, 0.1) is 8.81 Å². The molecule has 0 bridgehead atoms. The van der Waals surface area contributed by atoms with Crippen molar-refractivity contribution >= 4 is 48.9 Å². The van der Waals surface area contributed by atoms with E-state index in [4.69, 9.17) is 11.6 Å². The standard InChI is InChI=1S/C9H14BrClN2O2S2/c1-6(5-13(2)3)12-17(14,15)8-4-7(11)9(10)16-8/h4,6,12H,5H2,1-3H3. The maximum Gasteiger partial charge on any atom is 0.250 e. The van der Waals surface area contributed by atoms with Crippen LogP contribution in [-0.4, -0.2) is 40.0 Å². The molecule has 0 aliphatic rings. The fourth-order valence-electron chi connectivity index (χ4n) is 1.37. The molecule has 1 atom stereocenters. The summed E-state index contributed by atoms with van der Waals surface area (Å²) in [4.78, 5) is 1.92. The van der Waals surface area contributed by atoms with Gasteiger partial charge in [-0.1, -0.05) is 11.6 Å². The second kappa shape index (κ2) is 5.99. The summed E-state index contributed by atoms with van der Waals surface area (Å²) >= 11 is 10.1. The van der Waals surface area contributed by atoms with Crippen molar-refractivity contribution in [3.05, 3.63) is 14.9 Å². The van der Waals surface area contributed by atoms with Crippen molar-refractivity contribution in [1.82, 2.24) is 9.62 Å². The van der Waals surface area contributed by atoms with Gasteiger partial charge in [-0.15, -0.1) is 11.3 Å². The zero-order chi connectivity index (χ0) is 13.2. The normalized spacial score (nSPS) is 14.2. The summed E-state index contributed by atoms with van der Waals surface area (Å²) in [6.07, 6.45) is 0. The molecule has 1 aromatic heterocycles. The Labute approximate surface area is 119 Å². The smallest absolute Gasteiger partial charge is 0.250 e. The molecule has 1 N–H and O–H groups in total. The van der Waals surface area contributed by atoms with Crippen LogP contribution in [0.25, 0.3) is 0 Å². The number of sulfonamides is 1. The lowest BCUT2D eigenvalue weighted by Crippen LogP contribution is -2.39. The van der Waals surface area contributed by atoms with E-state index in [-0.39, 0.29) is 10.3 Å². The van der Waals surface area contributed by atoms with Crippen molar-refractivity contribution in [2.75, 3.05) is 20.6 Å². The van der Waals surface area contributed by atoms with Gasteiger partial charge in [0.2, 0.25) is 10.0 Å². The van der Waals surface area contributed by atoms with E-state index in [0.29, 0.717) is 15.4 Å². The molecule has 8 heteroatoms. The third kappa shape index (κ3) is 4.50. The SMILES string of the molecule is CC(CN(C)C)NS(=O)(=O)c1cc(Cl)c(Br)s1. The first kappa shape index (κ1) is 15.4. The summed E-state index contributed by atoms with van der Waals surface area (Å²) in [6.45, 7) is 2.46. The van der Waals surface area contributed by atoms with E-state index in [9.17, 15) is 8.42 Å². The summed E-state index contributed by atoms with van der Waals surface area (Å²) in [5.74, 6) is 0. The maximum atomic E-state index is 12.0. The van der Waals surface area contributed by atoms with Crippen LogP contribution in [0.15, 0.2) is 14.1 Å². The predicted octanol–water partition coefficient (Wildman–Crippen LogP) is 2.39. The molecule has 0 aliphatic carbocycles. The second-order valence-corrected chi connectivity index (χ2v) is 8.69. The highest BCUT2D eigenvalue weighted by molar-refractivity contribution is 9.11. The molecule has 1 aromatic rings. The van der Waals surface area contributed by atoms with Gasteiger partial charge in [0.1, 0.15) is 4.21 Å². The fraction of sp³-hybridized carbons (Fsp3) is 0.556. The van der Waals surface area contributed by atoms with Gasteiger partial charge in [0.15, 0.2) is 0 Å². The Balaban J connectivity index is 2.82. The highest BCUT2D eigenvalue weighted by Crippen LogP contribution is 2.34. The van der Waals surface area contributed by atoms with Crippen molar-refractivity contribution in [3.63, 3.8) is 0 Å². The van der Waals surface area contributed by atoms with E-state index in [1.165, 1.54) is 6.07 Å². The van der Waals surface area contributed by atoms with E-state index in [2.05, 4.69) is 20.7 Å². The number of rotatable bonds is 5. The van der Waals surface area contributed by atoms with Crippen LogP contribution < -0.4 is 4.72 Å². The highest BCUT2D eigenvalue weighted by atomic mass is 79.9. The van der Waals surface area contributed by atoms with Crippen molar-refractivity contribution in [3.8, 4) is 0 Å². The molecule has 0 aromatic carbocycles. The Morgan fingerprint density at radius 2 is 2.18 bits per heavy atom.